The summed E-state index contributed by atoms with van der Waals surface area (Å²) in [7, 11) is -2.25. The van der Waals surface area contributed by atoms with Crippen molar-refractivity contribution in [2.24, 2.45) is 17.0 Å². The van der Waals surface area contributed by atoms with Gasteiger partial charge in [0.2, 0.25) is 21.8 Å². The van der Waals surface area contributed by atoms with Gasteiger partial charge < -0.3 is 15.0 Å². The largest absolute Gasteiger partial charge is 0.573 e. The molecule has 2 amide bonds. The van der Waals surface area contributed by atoms with Crippen molar-refractivity contribution in [3.05, 3.63) is 83.9 Å². The number of carbonyl (C=O) groups is 2. The highest BCUT2D eigenvalue weighted by Gasteiger charge is 2.39. The maximum Gasteiger partial charge on any atom is 0.573 e. The van der Waals surface area contributed by atoms with Gasteiger partial charge >= 0.3 is 6.36 Å². The van der Waals surface area contributed by atoms with E-state index < -0.39 is 28.2 Å². The molecule has 1 fully saturated rings. The van der Waals surface area contributed by atoms with E-state index in [2.05, 4.69) is 10.1 Å². The Bertz CT molecular complexity index is 1510. The molecular weight excluding hydrogens is 559 g/mol. The predicted molar refractivity (Wildman–Crippen MR) is 146 cm³/mol. The number of nitrogens with one attached hydrogen (secondary N) is 1. The molecule has 0 radical (unpaired) electrons. The van der Waals surface area contributed by atoms with Crippen LogP contribution in [0.3, 0.4) is 0 Å². The molecule has 0 aromatic heterocycles. The minimum absolute atomic E-state index is 0.00206. The van der Waals surface area contributed by atoms with E-state index in [9.17, 15) is 31.2 Å². The standard InChI is InChI=1S/C29H30F3N3O5S/c1-35(18-19-12-14-21(15-13-19)23-8-2-3-11-26(23)41(33,38)39)28(37)25-10-5-9-24(25)27(36)34-17-20-6-4-7-22(16-20)40-29(30,31)32/h2-4,6-8,11-16,24-25H,5,9-10,17-18H2,1H3,(H,34,36)(H2,33,38,39)/t24-,25-/m0/s1. The number of amides is 2. The van der Waals surface area contributed by atoms with E-state index in [1.54, 1.807) is 60.5 Å². The van der Waals surface area contributed by atoms with Crippen molar-refractivity contribution < 1.29 is 35.9 Å². The SMILES string of the molecule is CN(Cc1ccc(-c2ccccc2S(N)(=O)=O)cc1)C(=O)[C@H]1CCC[C@@H]1C(=O)NCc1cccc(OC(F)(F)F)c1. The number of halogens is 3. The normalized spacial score (nSPS) is 17.2. The number of ether oxygens (including phenoxy) is 1. The Balaban J connectivity index is 1.36. The van der Waals surface area contributed by atoms with E-state index in [-0.39, 0.29) is 35.5 Å². The molecule has 41 heavy (non-hydrogen) atoms. The zero-order valence-corrected chi connectivity index (χ0v) is 23.0. The van der Waals surface area contributed by atoms with Crippen molar-refractivity contribution in [3.63, 3.8) is 0 Å². The Morgan fingerprint density at radius 3 is 2.34 bits per heavy atom. The molecule has 4 rings (SSSR count). The molecule has 3 N–H and O–H groups in total. The summed E-state index contributed by atoms with van der Waals surface area (Å²) in [6.45, 7) is 0.287. The van der Waals surface area contributed by atoms with Crippen LogP contribution in [0.2, 0.25) is 0 Å². The summed E-state index contributed by atoms with van der Waals surface area (Å²) < 4.78 is 65.3. The van der Waals surface area contributed by atoms with Gasteiger partial charge in [-0.05, 0) is 47.7 Å². The van der Waals surface area contributed by atoms with Crippen LogP contribution in [0.15, 0.2) is 77.7 Å². The summed E-state index contributed by atoms with van der Waals surface area (Å²) in [4.78, 5) is 27.8. The van der Waals surface area contributed by atoms with Gasteiger partial charge in [-0.15, -0.1) is 13.2 Å². The summed E-state index contributed by atoms with van der Waals surface area (Å²) in [5.41, 5.74) is 2.40. The lowest BCUT2D eigenvalue weighted by atomic mass is 9.93. The molecule has 0 unspecified atom stereocenters. The molecule has 0 aliphatic heterocycles. The van der Waals surface area contributed by atoms with E-state index in [0.717, 1.165) is 5.56 Å². The fraction of sp³-hybridized carbons (Fsp3) is 0.310. The van der Waals surface area contributed by atoms with Gasteiger partial charge in [0, 0.05) is 37.5 Å². The van der Waals surface area contributed by atoms with Crippen LogP contribution in [-0.2, 0) is 32.7 Å². The van der Waals surface area contributed by atoms with Crippen molar-refractivity contribution in [2.45, 2.75) is 43.6 Å². The van der Waals surface area contributed by atoms with Crippen molar-refractivity contribution in [1.82, 2.24) is 10.2 Å². The van der Waals surface area contributed by atoms with Crippen LogP contribution >= 0.6 is 0 Å². The van der Waals surface area contributed by atoms with Gasteiger partial charge in [0.05, 0.1) is 4.90 Å². The lowest BCUT2D eigenvalue weighted by Gasteiger charge is -2.25. The summed E-state index contributed by atoms with van der Waals surface area (Å²) in [5.74, 6) is -1.93. The Morgan fingerprint density at radius 2 is 1.66 bits per heavy atom. The molecule has 0 spiro atoms. The molecule has 0 bridgehead atoms. The lowest BCUT2D eigenvalue weighted by molar-refractivity contribution is -0.274. The van der Waals surface area contributed by atoms with Gasteiger partial charge in [0.25, 0.3) is 0 Å². The second-order valence-electron chi connectivity index (χ2n) is 9.99. The van der Waals surface area contributed by atoms with Crippen LogP contribution in [-0.4, -0.2) is 38.5 Å². The third-order valence-electron chi connectivity index (χ3n) is 7.02. The molecule has 12 heteroatoms. The van der Waals surface area contributed by atoms with E-state index >= 15 is 0 Å². The van der Waals surface area contributed by atoms with Crippen molar-refractivity contribution in [3.8, 4) is 16.9 Å². The maximum atomic E-state index is 13.3. The van der Waals surface area contributed by atoms with Crippen LogP contribution in [0, 0.1) is 11.8 Å². The second-order valence-corrected chi connectivity index (χ2v) is 11.5. The molecule has 0 saturated heterocycles. The summed E-state index contributed by atoms with van der Waals surface area (Å²) in [6.07, 6.45) is -3.02. The smallest absolute Gasteiger partial charge is 0.406 e. The number of nitrogens with two attached hydrogens (primary N) is 1. The topological polar surface area (TPSA) is 119 Å². The van der Waals surface area contributed by atoms with E-state index in [0.29, 0.717) is 36.0 Å². The van der Waals surface area contributed by atoms with E-state index in [4.69, 9.17) is 5.14 Å². The Morgan fingerprint density at radius 1 is 0.976 bits per heavy atom. The minimum atomic E-state index is -4.81. The number of alkyl halides is 3. The number of hydrogen-bond acceptors (Lipinski definition) is 5. The average Bonchev–Trinajstić information content (AvgIpc) is 3.41. The number of nitrogens with zero attached hydrogens (tertiary/aromatic N) is 1. The van der Waals surface area contributed by atoms with Gasteiger partial charge in [-0.3, -0.25) is 9.59 Å². The quantitative estimate of drug-likeness (QED) is 0.379. The van der Waals surface area contributed by atoms with Gasteiger partial charge in [0.15, 0.2) is 0 Å². The Hall–Kier alpha value is -3.90. The number of hydrogen-bond donors (Lipinski definition) is 2. The first kappa shape index (κ1) is 30.1. The van der Waals surface area contributed by atoms with Gasteiger partial charge in [0.1, 0.15) is 5.75 Å². The maximum absolute atomic E-state index is 13.3. The summed E-state index contributed by atoms with van der Waals surface area (Å²) >= 11 is 0. The molecule has 1 aliphatic carbocycles. The van der Waals surface area contributed by atoms with Crippen LogP contribution in [0.5, 0.6) is 5.75 Å². The first-order valence-electron chi connectivity index (χ1n) is 12.9. The fourth-order valence-corrected chi connectivity index (χ4v) is 5.88. The molecule has 3 aromatic rings. The van der Waals surface area contributed by atoms with Crippen LogP contribution in [0.4, 0.5) is 13.2 Å². The van der Waals surface area contributed by atoms with Crippen LogP contribution in [0.25, 0.3) is 11.1 Å². The molecular formula is C29H30F3N3O5S. The number of rotatable bonds is 9. The molecule has 0 heterocycles. The fourth-order valence-electron chi connectivity index (χ4n) is 5.12. The third-order valence-corrected chi connectivity index (χ3v) is 7.99. The average molecular weight is 590 g/mol. The first-order valence-corrected chi connectivity index (χ1v) is 14.4. The van der Waals surface area contributed by atoms with Gasteiger partial charge in [-0.2, -0.15) is 0 Å². The number of benzene rings is 3. The van der Waals surface area contributed by atoms with Crippen LogP contribution in [0.1, 0.15) is 30.4 Å². The second kappa shape index (κ2) is 12.3. The van der Waals surface area contributed by atoms with Crippen molar-refractivity contribution >= 4 is 21.8 Å². The molecule has 1 saturated carbocycles. The Labute approximate surface area is 236 Å². The monoisotopic (exact) mass is 589 g/mol. The zero-order chi connectivity index (χ0) is 29.8. The zero-order valence-electron chi connectivity index (χ0n) is 22.2. The highest BCUT2D eigenvalue weighted by Crippen LogP contribution is 2.34. The lowest BCUT2D eigenvalue weighted by Crippen LogP contribution is -2.40. The third kappa shape index (κ3) is 7.86. The van der Waals surface area contributed by atoms with E-state index in [1.165, 1.54) is 24.3 Å². The van der Waals surface area contributed by atoms with Gasteiger partial charge in [-0.25, -0.2) is 13.6 Å². The first-order chi connectivity index (χ1) is 19.3. The van der Waals surface area contributed by atoms with Crippen LogP contribution < -0.4 is 15.2 Å². The predicted octanol–water partition coefficient (Wildman–Crippen LogP) is 4.59. The number of carbonyl (C=O) groups excluding carboxylic acids is 2. The Kier molecular flexibility index (Phi) is 9.03. The molecule has 2 atom stereocenters. The summed E-state index contributed by atoms with van der Waals surface area (Å²) in [5, 5.41) is 8.09. The van der Waals surface area contributed by atoms with Crippen molar-refractivity contribution in [1.29, 1.82) is 0 Å². The highest BCUT2D eigenvalue weighted by atomic mass is 32.2. The summed E-state index contributed by atoms with van der Waals surface area (Å²) in [6, 6.07) is 18.9. The van der Waals surface area contributed by atoms with Crippen molar-refractivity contribution in [2.75, 3.05) is 7.05 Å². The highest BCUT2D eigenvalue weighted by molar-refractivity contribution is 7.89. The molecule has 1 aliphatic rings. The molecule has 8 nitrogen and oxygen atoms in total. The number of sulfonamides is 1. The molecule has 218 valence electrons. The van der Waals surface area contributed by atoms with E-state index in [1.807, 2.05) is 0 Å². The number of primary sulfonamides is 1. The van der Waals surface area contributed by atoms with Gasteiger partial charge in [-0.1, -0.05) is 61.0 Å². The molecule has 3 aromatic carbocycles. The minimum Gasteiger partial charge on any atom is -0.406 e.